The third kappa shape index (κ3) is 3.19. The normalized spacial score (nSPS) is 16.4. The van der Waals surface area contributed by atoms with Gasteiger partial charge >= 0.3 is 0 Å². The van der Waals surface area contributed by atoms with E-state index in [4.69, 9.17) is 16.0 Å². The highest BCUT2D eigenvalue weighted by Crippen LogP contribution is 2.26. The lowest BCUT2D eigenvalue weighted by atomic mass is 9.95. The summed E-state index contributed by atoms with van der Waals surface area (Å²) in [7, 11) is 0. The lowest BCUT2D eigenvalue weighted by molar-refractivity contribution is 0.354. The lowest BCUT2D eigenvalue weighted by Gasteiger charge is -2.21. The monoisotopic (exact) mass is 291 g/mol. The molecule has 20 heavy (non-hydrogen) atoms. The van der Waals surface area contributed by atoms with Crippen LogP contribution >= 0.6 is 11.6 Å². The number of hydrogen-bond acceptors (Lipinski definition) is 4. The Morgan fingerprint density at radius 1 is 1.15 bits per heavy atom. The van der Waals surface area contributed by atoms with Crippen molar-refractivity contribution in [2.75, 3.05) is 0 Å². The second kappa shape index (κ2) is 6.37. The molecule has 2 aromatic rings. The van der Waals surface area contributed by atoms with Gasteiger partial charge in [-0.15, -0.1) is 10.2 Å². The SMILES string of the molecule is Clc1ccccc1-c1nnc(CNC2CCCCC2)o1. The van der Waals surface area contributed by atoms with Gasteiger partial charge in [0, 0.05) is 6.04 Å². The maximum atomic E-state index is 6.12. The molecule has 0 saturated heterocycles. The first-order chi connectivity index (χ1) is 9.83. The zero-order chi connectivity index (χ0) is 13.8. The van der Waals surface area contributed by atoms with Gasteiger partial charge in [0.2, 0.25) is 11.8 Å². The standard InChI is InChI=1S/C15H18ClN3O/c16-13-9-5-4-8-12(13)15-19-18-14(20-15)10-17-11-6-2-1-3-7-11/h4-5,8-9,11,17H,1-3,6-7,10H2. The first-order valence-electron chi connectivity index (χ1n) is 7.13. The largest absolute Gasteiger partial charge is 0.419 e. The van der Waals surface area contributed by atoms with Crippen LogP contribution in [0.25, 0.3) is 11.5 Å². The Morgan fingerprint density at radius 2 is 1.95 bits per heavy atom. The fourth-order valence-corrected chi connectivity index (χ4v) is 2.82. The molecule has 1 aromatic carbocycles. The van der Waals surface area contributed by atoms with Crippen molar-refractivity contribution >= 4 is 11.6 Å². The summed E-state index contributed by atoms with van der Waals surface area (Å²) in [4.78, 5) is 0. The fraction of sp³-hybridized carbons (Fsp3) is 0.467. The summed E-state index contributed by atoms with van der Waals surface area (Å²) in [5, 5.41) is 12.3. The Labute approximate surface area is 123 Å². The van der Waals surface area contributed by atoms with E-state index in [1.807, 2.05) is 24.3 Å². The minimum Gasteiger partial charge on any atom is -0.419 e. The van der Waals surface area contributed by atoms with E-state index in [1.165, 1.54) is 32.1 Å². The first-order valence-corrected chi connectivity index (χ1v) is 7.51. The van der Waals surface area contributed by atoms with Gasteiger partial charge in [-0.25, -0.2) is 0 Å². The summed E-state index contributed by atoms with van der Waals surface area (Å²) >= 11 is 6.12. The zero-order valence-electron chi connectivity index (χ0n) is 11.3. The molecular weight excluding hydrogens is 274 g/mol. The van der Waals surface area contributed by atoms with E-state index in [2.05, 4.69) is 15.5 Å². The van der Waals surface area contributed by atoms with Gasteiger partial charge in [-0.1, -0.05) is 43.0 Å². The fourth-order valence-electron chi connectivity index (χ4n) is 2.61. The van der Waals surface area contributed by atoms with Crippen LogP contribution in [0, 0.1) is 0 Å². The van der Waals surface area contributed by atoms with E-state index in [9.17, 15) is 0 Å². The van der Waals surface area contributed by atoms with E-state index in [0.717, 1.165) is 5.56 Å². The molecule has 1 aliphatic rings. The lowest BCUT2D eigenvalue weighted by Crippen LogP contribution is -2.30. The zero-order valence-corrected chi connectivity index (χ0v) is 12.1. The maximum absolute atomic E-state index is 6.12. The third-order valence-corrected chi connectivity index (χ3v) is 4.05. The van der Waals surface area contributed by atoms with Crippen LogP contribution in [0.5, 0.6) is 0 Å². The van der Waals surface area contributed by atoms with Crippen molar-refractivity contribution in [1.82, 2.24) is 15.5 Å². The number of benzene rings is 1. The van der Waals surface area contributed by atoms with Crippen LogP contribution < -0.4 is 5.32 Å². The Hall–Kier alpha value is -1.39. The quantitative estimate of drug-likeness (QED) is 0.930. The molecule has 4 nitrogen and oxygen atoms in total. The Balaban J connectivity index is 1.63. The highest BCUT2D eigenvalue weighted by atomic mass is 35.5. The van der Waals surface area contributed by atoms with Crippen molar-refractivity contribution in [2.45, 2.75) is 44.7 Å². The van der Waals surface area contributed by atoms with Gasteiger partial charge in [-0.3, -0.25) is 0 Å². The molecule has 1 aliphatic carbocycles. The second-order valence-electron chi connectivity index (χ2n) is 5.20. The number of nitrogens with zero attached hydrogens (tertiary/aromatic N) is 2. The van der Waals surface area contributed by atoms with Crippen LogP contribution in [0.3, 0.4) is 0 Å². The van der Waals surface area contributed by atoms with Crippen molar-refractivity contribution < 1.29 is 4.42 Å². The van der Waals surface area contributed by atoms with E-state index >= 15 is 0 Å². The molecule has 0 amide bonds. The second-order valence-corrected chi connectivity index (χ2v) is 5.60. The number of hydrogen-bond donors (Lipinski definition) is 1. The molecule has 1 aromatic heterocycles. The molecule has 0 aliphatic heterocycles. The summed E-state index contributed by atoms with van der Waals surface area (Å²) in [5.41, 5.74) is 0.783. The van der Waals surface area contributed by atoms with Crippen LogP contribution in [0.1, 0.15) is 38.0 Å². The molecule has 0 radical (unpaired) electrons. The summed E-state index contributed by atoms with van der Waals surface area (Å²) in [5.74, 6) is 1.10. The maximum Gasteiger partial charge on any atom is 0.249 e. The van der Waals surface area contributed by atoms with Crippen molar-refractivity contribution in [1.29, 1.82) is 0 Å². The molecule has 0 unspecified atom stereocenters. The average Bonchev–Trinajstić information content (AvgIpc) is 2.95. The van der Waals surface area contributed by atoms with E-state index in [0.29, 0.717) is 29.4 Å². The molecule has 3 rings (SSSR count). The molecule has 5 heteroatoms. The summed E-state index contributed by atoms with van der Waals surface area (Å²) in [6.07, 6.45) is 6.46. The predicted octanol–water partition coefficient (Wildman–Crippen LogP) is 3.81. The van der Waals surface area contributed by atoms with Gasteiger partial charge in [0.25, 0.3) is 0 Å². The summed E-state index contributed by atoms with van der Waals surface area (Å²) in [6, 6.07) is 8.08. The average molecular weight is 292 g/mol. The van der Waals surface area contributed by atoms with E-state index in [-0.39, 0.29) is 0 Å². The Kier molecular flexibility index (Phi) is 4.33. The molecule has 1 heterocycles. The number of nitrogens with one attached hydrogen (secondary N) is 1. The van der Waals surface area contributed by atoms with Gasteiger partial charge in [0.15, 0.2) is 0 Å². The topological polar surface area (TPSA) is 51.0 Å². The number of rotatable bonds is 4. The predicted molar refractivity (Wildman–Crippen MR) is 78.5 cm³/mol. The van der Waals surface area contributed by atoms with Crippen LogP contribution in [0.2, 0.25) is 5.02 Å². The van der Waals surface area contributed by atoms with Crippen LogP contribution in [-0.2, 0) is 6.54 Å². The Bertz CT molecular complexity index is 564. The molecule has 0 spiro atoms. The van der Waals surface area contributed by atoms with Crippen molar-refractivity contribution in [3.05, 3.63) is 35.2 Å². The van der Waals surface area contributed by atoms with Crippen molar-refractivity contribution in [3.63, 3.8) is 0 Å². The molecular formula is C15H18ClN3O. The van der Waals surface area contributed by atoms with Crippen molar-refractivity contribution in [3.8, 4) is 11.5 Å². The number of aromatic nitrogens is 2. The minimum atomic E-state index is 0.482. The van der Waals surface area contributed by atoms with Crippen LogP contribution in [0.15, 0.2) is 28.7 Å². The molecule has 1 saturated carbocycles. The van der Waals surface area contributed by atoms with Gasteiger partial charge in [-0.2, -0.15) is 0 Å². The summed E-state index contributed by atoms with van der Waals surface area (Å²) in [6.45, 7) is 0.627. The smallest absolute Gasteiger partial charge is 0.249 e. The van der Waals surface area contributed by atoms with Crippen LogP contribution in [-0.4, -0.2) is 16.2 Å². The van der Waals surface area contributed by atoms with Crippen LogP contribution in [0.4, 0.5) is 0 Å². The summed E-state index contributed by atoms with van der Waals surface area (Å²) < 4.78 is 5.67. The molecule has 1 N–H and O–H groups in total. The van der Waals surface area contributed by atoms with Gasteiger partial charge < -0.3 is 9.73 Å². The molecule has 0 atom stereocenters. The van der Waals surface area contributed by atoms with Gasteiger partial charge in [0.1, 0.15) is 0 Å². The highest BCUT2D eigenvalue weighted by Gasteiger charge is 2.15. The van der Waals surface area contributed by atoms with Crippen molar-refractivity contribution in [2.24, 2.45) is 0 Å². The molecule has 1 fully saturated rings. The molecule has 106 valence electrons. The minimum absolute atomic E-state index is 0.482. The first kappa shape index (κ1) is 13.6. The Morgan fingerprint density at radius 3 is 2.75 bits per heavy atom. The van der Waals surface area contributed by atoms with Gasteiger partial charge in [-0.05, 0) is 25.0 Å². The number of halogens is 1. The van der Waals surface area contributed by atoms with Gasteiger partial charge in [0.05, 0.1) is 17.1 Å². The third-order valence-electron chi connectivity index (χ3n) is 3.72. The molecule has 0 bridgehead atoms. The highest BCUT2D eigenvalue weighted by molar-refractivity contribution is 6.33. The van der Waals surface area contributed by atoms with E-state index in [1.54, 1.807) is 0 Å². The van der Waals surface area contributed by atoms with E-state index < -0.39 is 0 Å².